The molecule has 0 aromatic heterocycles. The average molecular weight is 556 g/mol. The molecule has 1 saturated carbocycles. The molecule has 0 amide bonds. The van der Waals surface area contributed by atoms with E-state index in [9.17, 15) is 42.7 Å². The van der Waals surface area contributed by atoms with Crippen molar-refractivity contribution in [3.63, 3.8) is 0 Å². The predicted molar refractivity (Wildman–Crippen MR) is 98.9 cm³/mol. The van der Waals surface area contributed by atoms with Crippen molar-refractivity contribution in [1.29, 1.82) is 0 Å². The quantitative estimate of drug-likeness (QED) is 0.137. The lowest BCUT2D eigenvalue weighted by molar-refractivity contribution is -0.232. The first-order valence-electron chi connectivity index (χ1n) is 8.10. The van der Waals surface area contributed by atoms with E-state index >= 15 is 0 Å². The molecule has 32 heavy (non-hydrogen) atoms. The van der Waals surface area contributed by atoms with E-state index in [2.05, 4.69) is 13.6 Å². The summed E-state index contributed by atoms with van der Waals surface area (Å²) in [6, 6.07) is 0. The van der Waals surface area contributed by atoms with E-state index in [0.717, 1.165) is 21.3 Å². The zero-order valence-corrected chi connectivity index (χ0v) is 20.2. The van der Waals surface area contributed by atoms with Gasteiger partial charge in [-0.1, -0.05) is 0 Å². The van der Waals surface area contributed by atoms with Crippen molar-refractivity contribution < 1.29 is 84.8 Å². The first-order valence-corrected chi connectivity index (χ1v) is 14.5. The van der Waals surface area contributed by atoms with Gasteiger partial charge in [0, 0.05) is 21.3 Å². The molecule has 7 N–H and O–H groups in total. The van der Waals surface area contributed by atoms with Crippen molar-refractivity contribution in [2.24, 2.45) is 0 Å². The Morgan fingerprint density at radius 3 is 1.16 bits per heavy atom. The molecule has 22 heteroatoms. The molecular weight excluding hydrogens is 532 g/mol. The fourth-order valence-electron chi connectivity index (χ4n) is 2.94. The summed E-state index contributed by atoms with van der Waals surface area (Å²) in [6.07, 6.45) is -12.6. The van der Waals surface area contributed by atoms with Crippen LogP contribution < -0.4 is 0 Å². The van der Waals surface area contributed by atoms with Crippen LogP contribution in [-0.2, 0) is 50.6 Å². The zero-order valence-electron chi connectivity index (χ0n) is 16.6. The van der Waals surface area contributed by atoms with Gasteiger partial charge in [-0.2, -0.15) is 0 Å². The number of phosphoric ester groups is 3. The van der Waals surface area contributed by atoms with Gasteiger partial charge >= 0.3 is 31.1 Å². The first kappa shape index (κ1) is 30.4. The Balaban J connectivity index is 3.54. The normalized spacial score (nSPS) is 31.9. The summed E-state index contributed by atoms with van der Waals surface area (Å²) in [4.78, 5) is 64.5. The predicted octanol–water partition coefficient (Wildman–Crippen LogP) is -1.36. The Bertz CT molecular complexity index is 760. The molecule has 0 bridgehead atoms. The second-order valence-electron chi connectivity index (χ2n) is 6.18. The van der Waals surface area contributed by atoms with Crippen molar-refractivity contribution in [3.8, 4) is 0 Å². The van der Waals surface area contributed by atoms with Crippen LogP contribution in [0.15, 0.2) is 0 Å². The lowest BCUT2D eigenvalue weighted by Gasteiger charge is -2.48. The lowest BCUT2D eigenvalue weighted by atomic mass is 9.84. The maximum Gasteiger partial charge on any atom is 0.473 e. The standard InChI is InChI=1S/C10H24O18P4/c1-22-5-6(23-2)8(26-30(14,15)16)10(9(7(5)24-3)27-31(17,18)19)28-32(20,21)25-4-29(11,12)13/h5-10H,4H2,1-3H3,(H,20,21)(H2,11,12,13)(H2,14,15,16)(H2,17,18,19)/t5-,6-,7+,8-,9-,10-/m0/s1. The second kappa shape index (κ2) is 11.4. The number of phosphoric acid groups is 3. The molecule has 0 radical (unpaired) electrons. The summed E-state index contributed by atoms with van der Waals surface area (Å²) in [7, 11) is -18.2. The van der Waals surface area contributed by atoms with Crippen molar-refractivity contribution in [3.05, 3.63) is 0 Å². The van der Waals surface area contributed by atoms with Gasteiger partial charge < -0.3 is 48.5 Å². The molecule has 0 saturated heterocycles. The van der Waals surface area contributed by atoms with E-state index in [4.69, 9.17) is 28.5 Å². The van der Waals surface area contributed by atoms with Crippen LogP contribution in [0.25, 0.3) is 0 Å². The minimum atomic E-state index is -5.48. The van der Waals surface area contributed by atoms with Crippen LogP contribution in [0.2, 0.25) is 0 Å². The molecule has 192 valence electrons. The fraction of sp³-hybridized carbons (Fsp3) is 1.00. The molecule has 7 atom stereocenters. The highest BCUT2D eigenvalue weighted by Gasteiger charge is 2.58. The zero-order chi connectivity index (χ0) is 25.1. The van der Waals surface area contributed by atoms with E-state index in [1.165, 1.54) is 0 Å². The number of rotatable bonds is 12. The maximum absolute atomic E-state index is 12.2. The monoisotopic (exact) mass is 556 g/mol. The van der Waals surface area contributed by atoms with E-state index < -0.39 is 74.0 Å². The van der Waals surface area contributed by atoms with Gasteiger partial charge in [-0.25, -0.2) is 13.7 Å². The molecule has 1 unspecified atom stereocenters. The van der Waals surface area contributed by atoms with Gasteiger partial charge in [0.1, 0.15) is 36.6 Å². The van der Waals surface area contributed by atoms with Gasteiger partial charge in [-0.3, -0.25) is 22.7 Å². The van der Waals surface area contributed by atoms with Crippen LogP contribution >= 0.6 is 31.1 Å². The van der Waals surface area contributed by atoms with Gasteiger partial charge in [0.2, 0.25) is 0 Å². The molecule has 0 spiro atoms. The van der Waals surface area contributed by atoms with Gasteiger partial charge in [-0.05, 0) is 0 Å². The van der Waals surface area contributed by atoms with E-state index in [-0.39, 0.29) is 0 Å². The largest absolute Gasteiger partial charge is 0.473 e. The third-order valence-corrected chi connectivity index (χ3v) is 6.59. The van der Waals surface area contributed by atoms with Crippen LogP contribution in [0.4, 0.5) is 0 Å². The summed E-state index contributed by atoms with van der Waals surface area (Å²) >= 11 is 0. The highest BCUT2D eigenvalue weighted by atomic mass is 31.2. The van der Waals surface area contributed by atoms with Crippen LogP contribution in [0, 0.1) is 0 Å². The van der Waals surface area contributed by atoms with Gasteiger partial charge in [0.25, 0.3) is 0 Å². The van der Waals surface area contributed by atoms with Crippen molar-refractivity contribution in [2.75, 3.05) is 27.7 Å². The van der Waals surface area contributed by atoms with Gasteiger partial charge in [-0.15, -0.1) is 0 Å². The second-order valence-corrected chi connectivity index (χ2v) is 11.6. The third-order valence-electron chi connectivity index (χ3n) is 3.92. The molecule has 0 heterocycles. The summed E-state index contributed by atoms with van der Waals surface area (Å²) in [5.41, 5.74) is 0. The smallest absolute Gasteiger partial charge is 0.376 e. The van der Waals surface area contributed by atoms with Crippen LogP contribution in [0.1, 0.15) is 0 Å². The first-order chi connectivity index (χ1) is 14.3. The molecule has 1 fully saturated rings. The maximum atomic E-state index is 12.2. The Morgan fingerprint density at radius 1 is 0.562 bits per heavy atom. The highest BCUT2D eigenvalue weighted by Crippen LogP contribution is 2.54. The summed E-state index contributed by atoms with van der Waals surface area (Å²) < 4.78 is 79.5. The number of ether oxygens (including phenoxy) is 3. The summed E-state index contributed by atoms with van der Waals surface area (Å²) in [5, 5.41) is 0. The fourth-order valence-corrected chi connectivity index (χ4v) is 5.84. The van der Waals surface area contributed by atoms with Crippen LogP contribution in [0.5, 0.6) is 0 Å². The lowest BCUT2D eigenvalue weighted by Crippen LogP contribution is -2.66. The SMILES string of the molecule is CO[C@@H]1[C@@H](OC)[C@H](OP(=O)(O)O)[C@@H](OP(=O)(O)OCP(=O)(O)O)[C@@H](OP(=O)(O)O)[C@H]1OC. The Kier molecular flexibility index (Phi) is 10.8. The molecule has 0 aliphatic heterocycles. The van der Waals surface area contributed by atoms with Crippen molar-refractivity contribution in [2.45, 2.75) is 36.6 Å². The van der Waals surface area contributed by atoms with E-state index in [1.54, 1.807) is 0 Å². The van der Waals surface area contributed by atoms with Crippen molar-refractivity contribution >= 4 is 31.1 Å². The van der Waals surface area contributed by atoms with E-state index in [0.29, 0.717) is 0 Å². The van der Waals surface area contributed by atoms with Crippen LogP contribution in [-0.4, -0.2) is 98.6 Å². The highest BCUT2D eigenvalue weighted by molar-refractivity contribution is 7.53. The van der Waals surface area contributed by atoms with Gasteiger partial charge in [0.05, 0.1) is 0 Å². The molecule has 0 aromatic carbocycles. The Hall–Kier alpha value is 0.360. The Morgan fingerprint density at radius 2 is 0.875 bits per heavy atom. The topological polar surface area (TPSA) is 274 Å². The summed E-state index contributed by atoms with van der Waals surface area (Å²) in [5.74, 6) is 0. The minimum absolute atomic E-state index is 1.02. The van der Waals surface area contributed by atoms with E-state index in [1.807, 2.05) is 0 Å². The molecule has 18 nitrogen and oxygen atoms in total. The molecule has 1 rings (SSSR count). The average Bonchev–Trinajstić information content (AvgIpc) is 2.59. The third kappa shape index (κ3) is 9.55. The molecular formula is C10H24O18P4. The number of hydrogen-bond donors (Lipinski definition) is 7. The van der Waals surface area contributed by atoms with Gasteiger partial charge in [0.15, 0.2) is 6.35 Å². The molecule has 1 aliphatic carbocycles. The number of methoxy groups -OCH3 is 3. The summed E-state index contributed by atoms with van der Waals surface area (Å²) in [6.45, 7) is 0. The molecule has 0 aromatic rings. The molecule has 1 aliphatic rings. The Labute approximate surface area is 180 Å². The minimum Gasteiger partial charge on any atom is -0.376 e. The van der Waals surface area contributed by atoms with Crippen molar-refractivity contribution in [1.82, 2.24) is 0 Å². The number of hydrogen-bond acceptors (Lipinski definition) is 11. The van der Waals surface area contributed by atoms with Crippen LogP contribution in [0.3, 0.4) is 0 Å².